The molecule has 1 aliphatic heterocycles. The van der Waals surface area contributed by atoms with Crippen LogP contribution in [0.2, 0.25) is 0 Å². The average molecular weight is 296 g/mol. The average Bonchev–Trinajstić information content (AvgIpc) is 2.94. The Morgan fingerprint density at radius 3 is 2.86 bits per heavy atom. The largest absolute Gasteiger partial charge is 0.466 e. The van der Waals surface area contributed by atoms with Gasteiger partial charge in [0, 0.05) is 27.2 Å². The van der Waals surface area contributed by atoms with Crippen LogP contribution in [-0.2, 0) is 4.79 Å². The van der Waals surface area contributed by atoms with E-state index in [0.29, 0.717) is 13.1 Å². The number of carbonyl (C=O) groups excluding carboxylic acids is 2. The Labute approximate surface area is 122 Å². The molecule has 1 saturated heterocycles. The lowest BCUT2D eigenvalue weighted by molar-refractivity contribution is -0.121. The van der Waals surface area contributed by atoms with Crippen LogP contribution in [0.25, 0.3) is 0 Å². The van der Waals surface area contributed by atoms with Crippen molar-refractivity contribution < 1.29 is 14.3 Å². The molecular formula is C12H20N6O3. The number of likely N-dealkylation sites (tertiary alicyclic amines) is 1. The number of nitrogens with one attached hydrogen (secondary N) is 2. The van der Waals surface area contributed by atoms with E-state index in [1.807, 2.05) is 0 Å². The molecule has 1 aromatic heterocycles. The number of carbonyl (C=O) groups is 2. The lowest BCUT2D eigenvalue weighted by Gasteiger charge is -2.33. The first-order valence-electron chi connectivity index (χ1n) is 6.74. The van der Waals surface area contributed by atoms with Crippen LogP contribution in [0.1, 0.15) is 12.8 Å². The zero-order valence-corrected chi connectivity index (χ0v) is 12.4. The third kappa shape index (κ3) is 3.61. The van der Waals surface area contributed by atoms with Gasteiger partial charge in [-0.25, -0.2) is 9.89 Å². The summed E-state index contributed by atoms with van der Waals surface area (Å²) in [6.07, 6.45) is 1.55. The number of aromatic amines is 1. The number of nitrogens with zero attached hydrogens (tertiary/aromatic N) is 4. The quantitative estimate of drug-likeness (QED) is 0.826. The highest BCUT2D eigenvalue weighted by Crippen LogP contribution is 2.19. The maximum atomic E-state index is 12.2. The molecule has 9 heteroatoms. The van der Waals surface area contributed by atoms with Gasteiger partial charge in [0.05, 0.1) is 13.0 Å². The van der Waals surface area contributed by atoms with Crippen molar-refractivity contribution in [3.8, 4) is 6.01 Å². The molecule has 1 atom stereocenters. The molecule has 1 unspecified atom stereocenters. The number of hydrogen-bond donors (Lipinski definition) is 2. The van der Waals surface area contributed by atoms with Crippen LogP contribution in [-0.4, -0.2) is 71.2 Å². The van der Waals surface area contributed by atoms with Crippen LogP contribution >= 0.6 is 0 Å². The monoisotopic (exact) mass is 296 g/mol. The van der Waals surface area contributed by atoms with Crippen LogP contribution in [0.5, 0.6) is 6.01 Å². The summed E-state index contributed by atoms with van der Waals surface area (Å²) in [5.74, 6) is -0.184. The van der Waals surface area contributed by atoms with Crippen molar-refractivity contribution in [3.05, 3.63) is 0 Å². The molecule has 9 nitrogen and oxygen atoms in total. The van der Waals surface area contributed by atoms with E-state index in [1.54, 1.807) is 19.0 Å². The molecule has 1 aromatic rings. The Hall–Kier alpha value is -2.32. The molecule has 0 bridgehead atoms. The molecule has 1 aliphatic rings. The third-order valence-electron chi connectivity index (χ3n) is 3.33. The van der Waals surface area contributed by atoms with Gasteiger partial charge in [0.15, 0.2) is 0 Å². The lowest BCUT2D eigenvalue weighted by Crippen LogP contribution is -2.47. The molecule has 2 N–H and O–H groups in total. The minimum absolute atomic E-state index is 0.0752. The van der Waals surface area contributed by atoms with Crippen molar-refractivity contribution in [2.24, 2.45) is 5.92 Å². The number of methoxy groups -OCH3 is 1. The minimum Gasteiger partial charge on any atom is -0.466 e. The molecule has 2 heterocycles. The fourth-order valence-corrected chi connectivity index (χ4v) is 2.26. The van der Waals surface area contributed by atoms with Gasteiger partial charge in [0.25, 0.3) is 0 Å². The highest BCUT2D eigenvalue weighted by molar-refractivity contribution is 5.91. The van der Waals surface area contributed by atoms with Gasteiger partial charge in [0.1, 0.15) is 0 Å². The molecule has 0 aromatic carbocycles. The highest BCUT2D eigenvalue weighted by atomic mass is 16.5. The van der Waals surface area contributed by atoms with Crippen molar-refractivity contribution in [1.29, 1.82) is 0 Å². The number of rotatable bonds is 3. The first kappa shape index (κ1) is 15.1. The number of hydrogen-bond acceptors (Lipinski definition) is 5. The zero-order chi connectivity index (χ0) is 15.4. The molecule has 2 rings (SSSR count). The van der Waals surface area contributed by atoms with Gasteiger partial charge >= 0.3 is 12.0 Å². The summed E-state index contributed by atoms with van der Waals surface area (Å²) in [4.78, 5) is 31.3. The molecule has 21 heavy (non-hydrogen) atoms. The van der Waals surface area contributed by atoms with Crippen molar-refractivity contribution in [3.63, 3.8) is 0 Å². The van der Waals surface area contributed by atoms with E-state index >= 15 is 0 Å². The summed E-state index contributed by atoms with van der Waals surface area (Å²) >= 11 is 0. The lowest BCUT2D eigenvalue weighted by atomic mass is 9.97. The van der Waals surface area contributed by atoms with Gasteiger partial charge in [-0.15, -0.1) is 5.10 Å². The molecular weight excluding hydrogens is 276 g/mol. The minimum atomic E-state index is -0.251. The van der Waals surface area contributed by atoms with E-state index < -0.39 is 0 Å². The highest BCUT2D eigenvalue weighted by Gasteiger charge is 2.29. The summed E-state index contributed by atoms with van der Waals surface area (Å²) in [5, 5.41) is 8.98. The fourth-order valence-electron chi connectivity index (χ4n) is 2.26. The van der Waals surface area contributed by atoms with Crippen molar-refractivity contribution in [2.45, 2.75) is 12.8 Å². The SMILES string of the molecule is COc1n[nH]c(NC(=O)C2CCCN(C(=O)N(C)C)C2)n1. The maximum absolute atomic E-state index is 12.2. The first-order chi connectivity index (χ1) is 10.0. The zero-order valence-electron chi connectivity index (χ0n) is 12.4. The first-order valence-corrected chi connectivity index (χ1v) is 6.74. The Balaban J connectivity index is 1.94. The van der Waals surface area contributed by atoms with E-state index in [9.17, 15) is 9.59 Å². The summed E-state index contributed by atoms with van der Waals surface area (Å²) in [6.45, 7) is 1.09. The number of aromatic nitrogens is 3. The van der Waals surface area contributed by atoms with E-state index in [0.717, 1.165) is 12.8 Å². The number of urea groups is 1. The fraction of sp³-hybridized carbons (Fsp3) is 0.667. The van der Waals surface area contributed by atoms with E-state index in [4.69, 9.17) is 4.74 Å². The molecule has 0 radical (unpaired) electrons. The Bertz CT molecular complexity index is 515. The van der Waals surface area contributed by atoms with Crippen LogP contribution in [0.3, 0.4) is 0 Å². The summed E-state index contributed by atoms with van der Waals surface area (Å²) in [5.41, 5.74) is 0. The van der Waals surface area contributed by atoms with Crippen molar-refractivity contribution in [1.82, 2.24) is 25.0 Å². The van der Waals surface area contributed by atoms with Gasteiger partial charge in [0.2, 0.25) is 11.9 Å². The Morgan fingerprint density at radius 2 is 2.24 bits per heavy atom. The molecule has 0 saturated carbocycles. The normalized spacial score (nSPS) is 18.2. The third-order valence-corrected chi connectivity index (χ3v) is 3.33. The van der Waals surface area contributed by atoms with Crippen LogP contribution in [0.15, 0.2) is 0 Å². The second-order valence-electron chi connectivity index (χ2n) is 5.12. The van der Waals surface area contributed by atoms with Gasteiger partial charge in [-0.2, -0.15) is 4.98 Å². The van der Waals surface area contributed by atoms with Crippen molar-refractivity contribution in [2.75, 3.05) is 39.6 Å². The van der Waals surface area contributed by atoms with Crippen LogP contribution < -0.4 is 10.1 Å². The van der Waals surface area contributed by atoms with E-state index in [2.05, 4.69) is 20.5 Å². The number of piperidine rings is 1. The van der Waals surface area contributed by atoms with E-state index in [1.165, 1.54) is 12.0 Å². The summed E-state index contributed by atoms with van der Waals surface area (Å²) < 4.78 is 4.83. The molecule has 1 fully saturated rings. The maximum Gasteiger partial charge on any atom is 0.336 e. The predicted octanol–water partition coefficient (Wildman–Crippen LogP) is 0.145. The summed E-state index contributed by atoms with van der Waals surface area (Å²) in [6, 6.07) is 0.0900. The Kier molecular flexibility index (Phi) is 4.61. The molecule has 0 aliphatic carbocycles. The molecule has 116 valence electrons. The predicted molar refractivity (Wildman–Crippen MR) is 74.9 cm³/mol. The van der Waals surface area contributed by atoms with Crippen LogP contribution in [0.4, 0.5) is 10.7 Å². The standard InChI is InChI=1S/C12H20N6O3/c1-17(2)12(20)18-6-4-5-8(7-18)9(19)13-10-14-11(21-3)16-15-10/h8H,4-7H2,1-3H3,(H2,13,14,15,16,19). The van der Waals surface area contributed by atoms with E-state index in [-0.39, 0.29) is 29.8 Å². The van der Waals surface area contributed by atoms with Gasteiger partial charge in [-0.3, -0.25) is 10.1 Å². The number of H-pyrrole nitrogens is 1. The number of amides is 3. The second kappa shape index (κ2) is 6.42. The number of anilines is 1. The molecule has 0 spiro atoms. The van der Waals surface area contributed by atoms with Gasteiger partial charge in [-0.05, 0) is 12.8 Å². The van der Waals surface area contributed by atoms with Crippen LogP contribution in [0, 0.1) is 5.92 Å². The topological polar surface area (TPSA) is 103 Å². The molecule has 3 amide bonds. The summed E-state index contributed by atoms with van der Waals surface area (Å²) in [7, 11) is 4.85. The second-order valence-corrected chi connectivity index (χ2v) is 5.12. The Morgan fingerprint density at radius 1 is 1.48 bits per heavy atom. The van der Waals surface area contributed by atoms with Crippen molar-refractivity contribution >= 4 is 17.9 Å². The van der Waals surface area contributed by atoms with Gasteiger partial charge in [-0.1, -0.05) is 0 Å². The smallest absolute Gasteiger partial charge is 0.336 e. The van der Waals surface area contributed by atoms with Gasteiger partial charge < -0.3 is 14.5 Å². The number of ether oxygens (including phenoxy) is 1.